The van der Waals surface area contributed by atoms with Crippen LogP contribution in [0.1, 0.15) is 192 Å². The summed E-state index contributed by atoms with van der Waals surface area (Å²) < 4.78 is 10.6. The smallest absolute Gasteiger partial charge is 0.407 e. The van der Waals surface area contributed by atoms with Crippen molar-refractivity contribution in [3.05, 3.63) is 129 Å². The van der Waals surface area contributed by atoms with E-state index in [1.54, 1.807) is 93.6 Å². The number of nitrogens with one attached hydrogen (secondary N) is 5. The van der Waals surface area contributed by atoms with Crippen LogP contribution in [0, 0.1) is 0 Å². The molecule has 4 aromatic rings. The number of fused-ring (bicyclic) bond motifs is 2. The molecule has 0 saturated carbocycles. The van der Waals surface area contributed by atoms with E-state index in [9.17, 15) is 52.7 Å². The molecule has 20 heteroatoms. The molecule has 20 nitrogen and oxygen atoms in total. The maximum atomic E-state index is 13.3. The number of anilines is 2. The van der Waals surface area contributed by atoms with Crippen LogP contribution in [0.2, 0.25) is 0 Å². The van der Waals surface area contributed by atoms with Gasteiger partial charge in [0.1, 0.15) is 23.3 Å². The normalized spacial score (nSPS) is 17.0. The average molecular weight is 1100 g/mol. The molecule has 4 heterocycles. The third-order valence-electron chi connectivity index (χ3n) is 13.5. The van der Waals surface area contributed by atoms with E-state index in [4.69, 9.17) is 9.47 Å². The zero-order valence-electron chi connectivity index (χ0n) is 46.0. The second-order valence-electron chi connectivity index (χ2n) is 22.0. The molecule has 4 aromatic carbocycles. The van der Waals surface area contributed by atoms with Crippen LogP contribution in [0.15, 0.2) is 84.9 Å². The zero-order chi connectivity index (χ0) is 57.9. The molecule has 422 valence electrons. The molecule has 0 aromatic heterocycles. The van der Waals surface area contributed by atoms with Crippen molar-refractivity contribution in [2.75, 3.05) is 17.2 Å². The number of amides is 9. The Morgan fingerprint density at radius 3 is 1.39 bits per heavy atom. The molecule has 4 aliphatic rings. The van der Waals surface area contributed by atoms with Crippen LogP contribution in [0.5, 0.6) is 0 Å². The van der Waals surface area contributed by atoms with E-state index < -0.39 is 76.5 Å². The molecule has 4 aliphatic heterocycles. The molecule has 80 heavy (non-hydrogen) atoms. The van der Waals surface area contributed by atoms with Crippen molar-refractivity contribution in [3.8, 4) is 0 Å². The maximum Gasteiger partial charge on any atom is 0.407 e. The number of nitrogens with zero attached hydrogens (tertiary/aromatic N) is 2. The number of imide groups is 4. The van der Waals surface area contributed by atoms with Crippen molar-refractivity contribution >= 4 is 76.5 Å². The number of esters is 1. The summed E-state index contributed by atoms with van der Waals surface area (Å²) in [6, 6.07) is 22.0. The van der Waals surface area contributed by atoms with Crippen LogP contribution >= 0.6 is 0 Å². The minimum atomic E-state index is -1.02. The van der Waals surface area contributed by atoms with E-state index in [-0.39, 0.29) is 59.8 Å². The van der Waals surface area contributed by atoms with Crippen LogP contribution in [0.25, 0.3) is 0 Å². The zero-order valence-corrected chi connectivity index (χ0v) is 46.0. The molecule has 2 unspecified atom stereocenters. The van der Waals surface area contributed by atoms with Crippen molar-refractivity contribution in [3.63, 3.8) is 0 Å². The third-order valence-corrected chi connectivity index (χ3v) is 13.5. The van der Waals surface area contributed by atoms with Crippen LogP contribution in [-0.4, -0.2) is 105 Å². The van der Waals surface area contributed by atoms with Crippen LogP contribution in [0.3, 0.4) is 0 Å². The molecule has 2 fully saturated rings. The lowest BCUT2D eigenvalue weighted by Gasteiger charge is -2.27. The number of alkyl carbamates (subject to hydrolysis) is 1. The number of hydrogen-bond acceptors (Lipinski definition) is 15. The van der Waals surface area contributed by atoms with Crippen LogP contribution in [0.4, 0.5) is 16.2 Å². The molecule has 0 spiro atoms. The third kappa shape index (κ3) is 15.2. The van der Waals surface area contributed by atoms with Gasteiger partial charge in [0.2, 0.25) is 23.6 Å². The minimum Gasteiger partial charge on any atom is -0.456 e. The summed E-state index contributed by atoms with van der Waals surface area (Å²) in [6.07, 6.45) is 7.48. The monoisotopic (exact) mass is 1100 g/mol. The number of ketones is 1. The standard InChI is InChI=1S/C35H44N4O7.C25H25N3O6/c1-35(2,3)46-34(45)36-21-10-8-6-4-5-7-9-14-28(40)24-17-15-23(16-18-24)22-37-26-13-11-12-25-30(26)33(44)39(32(25)43)27-19-20-29(41)38-31(27)42;1-25(2,3)34-24(33)15-9-7-14(8-10-15)13-26-17-6-4-5-16-20(17)23(32)28(22(16)31)18-11-12-19(29)27-21(18)30/h11-13,15-18,27,37H,4-10,14,19-22H2,1-3H3,(H,36,45)(H,38,41,42);4-10,18,26H,11-13H2,1-3H3,(H,27,29,30). The molecule has 0 aliphatic carbocycles. The molecule has 8 rings (SSSR count). The van der Waals surface area contributed by atoms with Gasteiger partial charge in [-0.05, 0) is 115 Å². The number of Topliss-reactive ketones (excluding diaryl/α,β-unsaturated/α-hetero) is 1. The number of ether oxygens (including phenoxy) is 2. The van der Waals surface area contributed by atoms with Gasteiger partial charge in [0, 0.05) is 55.8 Å². The van der Waals surface area contributed by atoms with Gasteiger partial charge in [0.15, 0.2) is 5.78 Å². The number of rotatable bonds is 20. The predicted octanol–water partition coefficient (Wildman–Crippen LogP) is 8.18. The predicted molar refractivity (Wildman–Crippen MR) is 294 cm³/mol. The van der Waals surface area contributed by atoms with Gasteiger partial charge in [0.25, 0.3) is 23.6 Å². The molecular formula is C60H69N7O13. The van der Waals surface area contributed by atoms with E-state index >= 15 is 0 Å². The lowest BCUT2D eigenvalue weighted by Crippen LogP contribution is -2.54. The van der Waals surface area contributed by atoms with Crippen molar-refractivity contribution in [1.29, 1.82) is 0 Å². The highest BCUT2D eigenvalue weighted by atomic mass is 16.6. The Morgan fingerprint density at radius 2 is 0.950 bits per heavy atom. The molecule has 0 radical (unpaired) electrons. The Labute approximate surface area is 464 Å². The Balaban J connectivity index is 0.000000241. The number of piperidine rings is 2. The van der Waals surface area contributed by atoms with Gasteiger partial charge in [-0.15, -0.1) is 0 Å². The Morgan fingerprint density at radius 1 is 0.525 bits per heavy atom. The van der Waals surface area contributed by atoms with Crippen molar-refractivity contribution in [2.24, 2.45) is 0 Å². The summed E-state index contributed by atoms with van der Waals surface area (Å²) >= 11 is 0. The van der Waals surface area contributed by atoms with E-state index in [1.807, 2.05) is 32.9 Å². The second-order valence-corrected chi connectivity index (χ2v) is 22.0. The average Bonchev–Trinajstić information content (AvgIpc) is 4.05. The van der Waals surface area contributed by atoms with Gasteiger partial charge < -0.3 is 25.4 Å². The quantitative estimate of drug-likeness (QED) is 0.0242. The summed E-state index contributed by atoms with van der Waals surface area (Å²) in [5.74, 6) is -4.68. The minimum absolute atomic E-state index is 0.0621. The number of benzene rings is 4. The molecular weight excluding hydrogens is 1030 g/mol. The highest BCUT2D eigenvalue weighted by Crippen LogP contribution is 2.34. The first-order valence-corrected chi connectivity index (χ1v) is 27.1. The first-order chi connectivity index (χ1) is 38.0. The van der Waals surface area contributed by atoms with Crippen LogP contribution in [-0.2, 0) is 41.7 Å². The van der Waals surface area contributed by atoms with Gasteiger partial charge in [-0.3, -0.25) is 63.6 Å². The number of unbranched alkanes of at least 4 members (excludes halogenated alkanes) is 6. The van der Waals surface area contributed by atoms with Gasteiger partial charge in [0.05, 0.1) is 27.8 Å². The van der Waals surface area contributed by atoms with E-state index in [2.05, 4.69) is 26.6 Å². The van der Waals surface area contributed by atoms with Crippen molar-refractivity contribution < 1.29 is 62.2 Å². The molecule has 2 saturated heterocycles. The lowest BCUT2D eigenvalue weighted by molar-refractivity contribution is -0.137. The summed E-state index contributed by atoms with van der Waals surface area (Å²) in [7, 11) is 0. The van der Waals surface area contributed by atoms with E-state index in [1.165, 1.54) is 0 Å². The second kappa shape index (κ2) is 25.9. The summed E-state index contributed by atoms with van der Waals surface area (Å²) in [5, 5.41) is 13.6. The van der Waals surface area contributed by atoms with Crippen LogP contribution < -0.4 is 26.6 Å². The first kappa shape index (κ1) is 59.1. The fraction of sp³-hybridized carbons (Fsp3) is 0.417. The SMILES string of the molecule is CC(C)(C)OC(=O)NCCCCCCCCCC(=O)c1ccc(CNc2cccc3c2C(=O)N(C2CCC(=O)NC2=O)C3=O)cc1.CC(C)(C)OC(=O)c1ccc(CNc2cccc3c2C(=O)N(C2CCC(=O)NC2=O)C3=O)cc1. The van der Waals surface area contributed by atoms with Gasteiger partial charge in [-0.25, -0.2) is 9.59 Å². The van der Waals surface area contributed by atoms with E-state index in [0.29, 0.717) is 48.6 Å². The highest BCUT2D eigenvalue weighted by molar-refractivity contribution is 6.26. The highest BCUT2D eigenvalue weighted by Gasteiger charge is 2.47. The largest absolute Gasteiger partial charge is 0.456 e. The Hall–Kier alpha value is -8.55. The summed E-state index contributed by atoms with van der Waals surface area (Å²) in [6.45, 7) is 12.2. The maximum absolute atomic E-state index is 13.3. The number of carbonyl (C=O) groups is 11. The molecule has 0 bridgehead atoms. The topological polar surface area (TPSA) is 273 Å². The van der Waals surface area contributed by atoms with E-state index in [0.717, 1.165) is 65.9 Å². The summed E-state index contributed by atoms with van der Waals surface area (Å²) in [5.41, 5.74) is 3.52. The molecule has 9 amide bonds. The van der Waals surface area contributed by atoms with Crippen molar-refractivity contribution in [1.82, 2.24) is 25.8 Å². The van der Waals surface area contributed by atoms with Gasteiger partial charge in [-0.2, -0.15) is 0 Å². The number of carbonyl (C=O) groups excluding carboxylic acids is 11. The fourth-order valence-corrected chi connectivity index (χ4v) is 9.57. The summed E-state index contributed by atoms with van der Waals surface area (Å²) in [4.78, 5) is 138. The Bertz CT molecular complexity index is 3070. The Kier molecular flexibility index (Phi) is 19.2. The van der Waals surface area contributed by atoms with Gasteiger partial charge >= 0.3 is 12.1 Å². The fourth-order valence-electron chi connectivity index (χ4n) is 9.57. The molecule has 5 N–H and O–H groups in total. The van der Waals surface area contributed by atoms with Gasteiger partial charge in [-0.1, -0.05) is 80.6 Å². The first-order valence-electron chi connectivity index (χ1n) is 27.1. The molecule has 2 atom stereocenters. The number of hydrogen-bond donors (Lipinski definition) is 5. The van der Waals surface area contributed by atoms with Crippen molar-refractivity contribution in [2.45, 2.75) is 155 Å². The lowest BCUT2D eigenvalue weighted by atomic mass is 10.0.